The third kappa shape index (κ3) is 9.56. The molecule has 1 aliphatic rings. The highest BCUT2D eigenvalue weighted by Crippen LogP contribution is 2.48. The number of ether oxygens (including phenoxy) is 3. The summed E-state index contributed by atoms with van der Waals surface area (Å²) in [4.78, 5) is 48.0. The Kier molecular flexibility index (Phi) is 10.5. The Bertz CT molecular complexity index is 1510. The minimum Gasteiger partial charge on any atom is -0.467 e. The summed E-state index contributed by atoms with van der Waals surface area (Å²) >= 11 is 6.01. The van der Waals surface area contributed by atoms with Crippen molar-refractivity contribution in [2.45, 2.75) is 37.5 Å². The van der Waals surface area contributed by atoms with E-state index in [2.05, 4.69) is 41.0 Å². The van der Waals surface area contributed by atoms with Gasteiger partial charge in [0.15, 0.2) is 6.61 Å². The van der Waals surface area contributed by atoms with Gasteiger partial charge in [0.1, 0.15) is 6.04 Å². The van der Waals surface area contributed by atoms with Gasteiger partial charge in [-0.05, 0) is 61.7 Å². The molecule has 13 nitrogen and oxygen atoms in total. The summed E-state index contributed by atoms with van der Waals surface area (Å²) in [6.45, 7) is -0.310. The summed E-state index contributed by atoms with van der Waals surface area (Å²) < 4.78 is 52.8. The summed E-state index contributed by atoms with van der Waals surface area (Å²) in [5.41, 5.74) is 1.26. The molecule has 1 aliphatic carbocycles. The van der Waals surface area contributed by atoms with Gasteiger partial charge >= 0.3 is 30.0 Å². The third-order valence-corrected chi connectivity index (χ3v) is 6.62. The molecule has 0 spiro atoms. The Labute approximate surface area is 260 Å². The lowest BCUT2D eigenvalue weighted by molar-refractivity contribution is -0.154. The van der Waals surface area contributed by atoms with Crippen molar-refractivity contribution in [2.24, 2.45) is 0 Å². The van der Waals surface area contributed by atoms with Gasteiger partial charge in [-0.15, -0.1) is 0 Å². The van der Waals surface area contributed by atoms with Crippen molar-refractivity contribution in [3.63, 3.8) is 0 Å². The zero-order chi connectivity index (χ0) is 32.6. The fraction of sp³-hybridized carbons (Fsp3) is 0.357. The first kappa shape index (κ1) is 33.0. The van der Waals surface area contributed by atoms with E-state index in [9.17, 15) is 27.6 Å². The topological polar surface area (TPSA) is 166 Å². The van der Waals surface area contributed by atoms with Gasteiger partial charge in [-0.1, -0.05) is 23.7 Å². The maximum atomic E-state index is 12.9. The number of halogens is 4. The van der Waals surface area contributed by atoms with Crippen LogP contribution in [-0.2, 0) is 29.4 Å². The van der Waals surface area contributed by atoms with Crippen LogP contribution in [-0.4, -0.2) is 71.9 Å². The Morgan fingerprint density at radius 3 is 2.22 bits per heavy atom. The third-order valence-electron chi connectivity index (χ3n) is 6.37. The van der Waals surface area contributed by atoms with Crippen LogP contribution in [0.15, 0.2) is 48.5 Å². The number of carbonyl (C=O) groups is 3. The molecule has 45 heavy (non-hydrogen) atoms. The minimum absolute atomic E-state index is 0.00111. The minimum atomic E-state index is -4.61. The van der Waals surface area contributed by atoms with E-state index in [1.165, 1.54) is 7.11 Å². The molecule has 240 valence electrons. The molecule has 0 saturated heterocycles. The smallest absolute Gasteiger partial charge is 0.422 e. The molecular formula is C28H29ClF3N7O6. The fourth-order valence-corrected chi connectivity index (χ4v) is 4.18. The number of benzene rings is 2. The monoisotopic (exact) mass is 651 g/mol. The van der Waals surface area contributed by atoms with Gasteiger partial charge < -0.3 is 35.5 Å². The molecule has 17 heteroatoms. The van der Waals surface area contributed by atoms with Crippen LogP contribution in [0.4, 0.5) is 36.4 Å². The van der Waals surface area contributed by atoms with Crippen molar-refractivity contribution in [2.75, 3.05) is 42.8 Å². The second-order valence-corrected chi connectivity index (χ2v) is 10.2. The molecule has 0 radical (unpaired) electrons. The Balaban J connectivity index is 1.48. The number of hydrogen-bond acceptors (Lipinski definition) is 12. The largest absolute Gasteiger partial charge is 0.467 e. The summed E-state index contributed by atoms with van der Waals surface area (Å²) in [6, 6.07) is 11.9. The average Bonchev–Trinajstić information content (AvgIpc) is 3.78. The number of anilines is 4. The zero-order valence-electron chi connectivity index (χ0n) is 24.0. The van der Waals surface area contributed by atoms with E-state index in [0.717, 1.165) is 18.4 Å². The number of alkyl halides is 3. The molecule has 1 saturated carbocycles. The van der Waals surface area contributed by atoms with Gasteiger partial charge in [-0.3, -0.25) is 4.79 Å². The molecule has 3 aromatic rings. The average molecular weight is 652 g/mol. The number of hydrogen-bond donors (Lipinski definition) is 4. The van der Waals surface area contributed by atoms with Crippen molar-refractivity contribution in [3.05, 3.63) is 59.1 Å². The summed E-state index contributed by atoms with van der Waals surface area (Å²) in [6.07, 6.45) is -3.15. The Morgan fingerprint density at radius 2 is 1.62 bits per heavy atom. The molecule has 0 bridgehead atoms. The molecule has 0 aliphatic heterocycles. The fourth-order valence-electron chi connectivity index (χ4n) is 4.05. The number of nitrogens with zero attached hydrogens (tertiary/aromatic N) is 3. The highest BCUT2D eigenvalue weighted by atomic mass is 35.5. The first-order valence-corrected chi connectivity index (χ1v) is 13.9. The van der Waals surface area contributed by atoms with Crippen LogP contribution >= 0.6 is 11.6 Å². The van der Waals surface area contributed by atoms with E-state index in [-0.39, 0.29) is 25.0 Å². The normalized spacial score (nSPS) is 14.0. The predicted molar refractivity (Wildman–Crippen MR) is 156 cm³/mol. The first-order valence-electron chi connectivity index (χ1n) is 13.6. The second kappa shape index (κ2) is 14.3. The lowest BCUT2D eigenvalue weighted by Gasteiger charge is -2.19. The summed E-state index contributed by atoms with van der Waals surface area (Å²) in [5.74, 6) is -2.90. The summed E-state index contributed by atoms with van der Waals surface area (Å²) in [5, 5.41) is 11.9. The molecule has 4 rings (SSSR count). The number of esters is 2. The Morgan fingerprint density at radius 1 is 0.978 bits per heavy atom. The molecular weight excluding hydrogens is 623 g/mol. The molecule has 1 heterocycles. The first-order chi connectivity index (χ1) is 21.4. The van der Waals surface area contributed by atoms with Crippen LogP contribution in [0.25, 0.3) is 0 Å². The maximum Gasteiger partial charge on any atom is 0.422 e. The predicted octanol–water partition coefficient (Wildman–Crippen LogP) is 3.94. The van der Waals surface area contributed by atoms with Crippen LogP contribution in [0.5, 0.6) is 6.01 Å². The quantitative estimate of drug-likeness (QED) is 0.156. The highest BCUT2D eigenvalue weighted by Gasteiger charge is 2.45. The van der Waals surface area contributed by atoms with Gasteiger partial charge in [0.25, 0.3) is 0 Å². The highest BCUT2D eigenvalue weighted by molar-refractivity contribution is 6.32. The van der Waals surface area contributed by atoms with Gasteiger partial charge in [-0.25, -0.2) is 9.59 Å². The van der Waals surface area contributed by atoms with Crippen molar-refractivity contribution < 1.29 is 41.8 Å². The molecule has 1 unspecified atom stereocenters. The molecule has 1 amide bonds. The molecule has 1 fully saturated rings. The van der Waals surface area contributed by atoms with Gasteiger partial charge in [0.05, 0.1) is 19.3 Å². The number of methoxy groups -OCH3 is 1. The van der Waals surface area contributed by atoms with Gasteiger partial charge in [0, 0.05) is 22.9 Å². The summed E-state index contributed by atoms with van der Waals surface area (Å²) in [7, 11) is 1.17. The van der Waals surface area contributed by atoms with E-state index in [4.69, 9.17) is 21.1 Å². The van der Waals surface area contributed by atoms with Crippen molar-refractivity contribution in [1.82, 2.24) is 20.3 Å². The van der Waals surface area contributed by atoms with Crippen molar-refractivity contribution in [3.8, 4) is 6.01 Å². The van der Waals surface area contributed by atoms with E-state index in [0.29, 0.717) is 16.4 Å². The van der Waals surface area contributed by atoms with Crippen LogP contribution in [0.3, 0.4) is 0 Å². The lowest BCUT2D eigenvalue weighted by atomic mass is 10.1. The zero-order valence-corrected chi connectivity index (χ0v) is 24.8. The molecule has 2 aromatic carbocycles. The van der Waals surface area contributed by atoms with Gasteiger partial charge in [0.2, 0.25) is 11.9 Å². The maximum absolute atomic E-state index is 12.9. The van der Waals surface area contributed by atoms with E-state index >= 15 is 0 Å². The standard InChI is InChI=1S/C28H29ClF3N7O6/c1-3-44-23(42)21(40)33-14-20(22(41)43-2)34-18-8-10-19(11-9-18)35-24-36-25(38-26(37-24)45-15-28(30,31)32)39-27(12-13-27)16-4-6-17(29)7-5-16/h4-11,20,34H,3,12-15H2,1-2H3,(H,33,40)(H2,35,36,37,38,39). The number of aromatic nitrogens is 3. The number of rotatable bonds is 13. The van der Waals surface area contributed by atoms with Crippen LogP contribution in [0, 0.1) is 0 Å². The number of nitrogens with one attached hydrogen (secondary N) is 4. The SMILES string of the molecule is CCOC(=O)C(=O)NCC(Nc1ccc(Nc2nc(NC3(c4ccc(Cl)cc4)CC3)nc(OCC(F)(F)F)n2)cc1)C(=O)OC. The van der Waals surface area contributed by atoms with Gasteiger partial charge in [-0.2, -0.15) is 28.1 Å². The van der Waals surface area contributed by atoms with E-state index < -0.39 is 48.2 Å². The van der Waals surface area contributed by atoms with Crippen molar-refractivity contribution >= 4 is 52.7 Å². The second-order valence-electron chi connectivity index (χ2n) is 9.74. The Hall–Kier alpha value is -4.86. The number of amides is 1. The molecule has 4 N–H and O–H groups in total. The molecule has 1 aromatic heterocycles. The van der Waals surface area contributed by atoms with Crippen LogP contribution in [0.2, 0.25) is 5.02 Å². The van der Waals surface area contributed by atoms with E-state index in [1.54, 1.807) is 43.3 Å². The number of carbonyl (C=O) groups excluding carboxylic acids is 3. The molecule has 1 atom stereocenters. The van der Waals surface area contributed by atoms with Crippen LogP contribution in [0.1, 0.15) is 25.3 Å². The van der Waals surface area contributed by atoms with E-state index in [1.807, 2.05) is 12.1 Å². The lowest BCUT2D eigenvalue weighted by Crippen LogP contribution is -2.44. The van der Waals surface area contributed by atoms with Crippen LogP contribution < -0.4 is 26.0 Å². The van der Waals surface area contributed by atoms with Crippen molar-refractivity contribution in [1.29, 1.82) is 0 Å².